The lowest BCUT2D eigenvalue weighted by atomic mass is 9.82. The zero-order valence-electron chi connectivity index (χ0n) is 34.3. The van der Waals surface area contributed by atoms with E-state index in [0.717, 1.165) is 5.69 Å². The number of nitrogens with zero attached hydrogens (tertiary/aromatic N) is 1. The minimum absolute atomic E-state index is 0.0982. The maximum Gasteiger partial charge on any atom is 0.103 e. The summed E-state index contributed by atoms with van der Waals surface area (Å²) in [6.07, 6.45) is 0. The summed E-state index contributed by atoms with van der Waals surface area (Å²) in [6.45, 7) is 9.47. The fraction of sp³-hybridized carbons (Fsp3) is 0.123. The average molecular weight is 789 g/mol. The predicted molar refractivity (Wildman–Crippen MR) is 255 cm³/mol. The topological polar surface area (TPSA) is 15.3 Å². The van der Waals surface area contributed by atoms with Crippen LogP contribution in [0.3, 0.4) is 0 Å². The third kappa shape index (κ3) is 5.22. The number of fused-ring (bicyclic) bond motifs is 11. The van der Waals surface area contributed by atoms with Crippen molar-refractivity contribution in [1.29, 1.82) is 0 Å². The Morgan fingerprint density at radius 3 is 1.63 bits per heavy atom. The highest BCUT2D eigenvalue weighted by Gasteiger charge is 2.38. The Labute approximate surface area is 356 Å². The van der Waals surface area contributed by atoms with E-state index in [0.29, 0.717) is 0 Å². The lowest BCUT2D eigenvalue weighted by Crippen LogP contribution is -2.18. The number of thioether (sulfide) groups is 1. The lowest BCUT2D eigenvalue weighted by Gasteiger charge is -2.30. The molecule has 1 N–H and O–H groups in total. The van der Waals surface area contributed by atoms with Crippen molar-refractivity contribution in [3.8, 4) is 33.4 Å². The largest absolute Gasteiger partial charge is 0.368 e. The molecular formula is C57H44N2S. The first-order valence-corrected chi connectivity index (χ1v) is 22.0. The summed E-state index contributed by atoms with van der Waals surface area (Å²) in [5, 5.41) is 9.18. The van der Waals surface area contributed by atoms with Gasteiger partial charge in [-0.3, -0.25) is 0 Å². The van der Waals surface area contributed by atoms with E-state index >= 15 is 0 Å². The van der Waals surface area contributed by atoms with Gasteiger partial charge in [-0.15, -0.1) is 0 Å². The van der Waals surface area contributed by atoms with E-state index in [1.165, 1.54) is 105 Å². The van der Waals surface area contributed by atoms with Crippen molar-refractivity contribution in [2.24, 2.45) is 0 Å². The first-order valence-electron chi connectivity index (χ1n) is 21.1. The fourth-order valence-corrected chi connectivity index (χ4v) is 11.7. The molecule has 0 fully saturated rings. The predicted octanol–water partition coefficient (Wildman–Crippen LogP) is 16.0. The van der Waals surface area contributed by atoms with Gasteiger partial charge in [-0.25, -0.2) is 0 Å². The van der Waals surface area contributed by atoms with Crippen molar-refractivity contribution >= 4 is 56.1 Å². The number of rotatable bonds is 5. The first kappa shape index (κ1) is 35.4. The smallest absolute Gasteiger partial charge is 0.103 e. The number of hydrogen-bond donors (Lipinski definition) is 1. The second kappa shape index (κ2) is 13.0. The van der Waals surface area contributed by atoms with Gasteiger partial charge in [0, 0.05) is 38.2 Å². The number of hydrogen-bond acceptors (Lipinski definition) is 3. The Bertz CT molecular complexity index is 3110. The number of nitrogens with one attached hydrogen (secondary N) is 1. The maximum absolute atomic E-state index is 3.88. The van der Waals surface area contributed by atoms with Gasteiger partial charge in [-0.05, 0) is 126 Å². The molecule has 0 saturated carbocycles. The summed E-state index contributed by atoms with van der Waals surface area (Å²) in [7, 11) is 0. The van der Waals surface area contributed by atoms with Crippen LogP contribution in [0, 0.1) is 0 Å². The molecule has 288 valence electrons. The highest BCUT2D eigenvalue weighted by atomic mass is 32.2. The van der Waals surface area contributed by atoms with Gasteiger partial charge >= 0.3 is 0 Å². The van der Waals surface area contributed by atoms with Gasteiger partial charge in [-0.2, -0.15) is 0 Å². The minimum Gasteiger partial charge on any atom is -0.368 e. The van der Waals surface area contributed by atoms with E-state index in [2.05, 4.69) is 220 Å². The molecule has 0 aromatic heterocycles. The van der Waals surface area contributed by atoms with Crippen molar-refractivity contribution in [2.45, 2.75) is 48.8 Å². The van der Waals surface area contributed by atoms with Crippen LogP contribution in [0.15, 0.2) is 187 Å². The van der Waals surface area contributed by atoms with Crippen LogP contribution in [0.25, 0.3) is 54.9 Å². The number of benzene rings is 9. The van der Waals surface area contributed by atoms with Crippen LogP contribution in [0.5, 0.6) is 0 Å². The molecule has 3 aliphatic rings. The summed E-state index contributed by atoms with van der Waals surface area (Å²) in [4.78, 5) is 3.77. The Kier molecular flexibility index (Phi) is 7.65. The first-order chi connectivity index (χ1) is 29.2. The third-order valence-corrected chi connectivity index (χ3v) is 14.9. The van der Waals surface area contributed by atoms with Gasteiger partial charge in [0.05, 0.1) is 5.69 Å². The second-order valence-corrected chi connectivity index (χ2v) is 18.9. The SMILES string of the molecule is CC1(C)c2ccccc2-c2ccc(N(c3ccc(-c4ccc5c(ccc6ccc7c(c65)NC(c5ccccc5)S7)c4)cc3)c3ccc4c(c3)C(C)(C)c3ccccc3-4)cc21. The van der Waals surface area contributed by atoms with Crippen LogP contribution in [0.1, 0.15) is 60.9 Å². The summed E-state index contributed by atoms with van der Waals surface area (Å²) >= 11 is 1.90. The Balaban J connectivity index is 0.944. The zero-order valence-corrected chi connectivity index (χ0v) is 35.1. The van der Waals surface area contributed by atoms with Crippen molar-refractivity contribution in [3.63, 3.8) is 0 Å². The molecule has 12 rings (SSSR count). The Morgan fingerprint density at radius 1 is 0.450 bits per heavy atom. The van der Waals surface area contributed by atoms with Crippen LogP contribution in [0.2, 0.25) is 0 Å². The molecular weight excluding hydrogens is 745 g/mol. The maximum atomic E-state index is 3.88. The lowest BCUT2D eigenvalue weighted by molar-refractivity contribution is 0.660. The zero-order chi connectivity index (χ0) is 40.3. The van der Waals surface area contributed by atoms with Crippen LogP contribution in [-0.4, -0.2) is 0 Å². The van der Waals surface area contributed by atoms with Gasteiger partial charge < -0.3 is 10.2 Å². The van der Waals surface area contributed by atoms with E-state index in [9.17, 15) is 0 Å². The molecule has 1 unspecified atom stereocenters. The molecule has 1 atom stereocenters. The van der Waals surface area contributed by atoms with Crippen molar-refractivity contribution in [1.82, 2.24) is 0 Å². The molecule has 1 aliphatic heterocycles. The molecule has 3 heteroatoms. The van der Waals surface area contributed by atoms with Gasteiger partial charge in [0.2, 0.25) is 0 Å². The van der Waals surface area contributed by atoms with E-state index in [1.807, 2.05) is 11.8 Å². The van der Waals surface area contributed by atoms with Crippen LogP contribution >= 0.6 is 11.8 Å². The van der Waals surface area contributed by atoms with Crippen molar-refractivity contribution < 1.29 is 0 Å². The highest BCUT2D eigenvalue weighted by molar-refractivity contribution is 8.00. The molecule has 0 amide bonds. The molecule has 0 spiro atoms. The fourth-order valence-electron chi connectivity index (χ4n) is 10.5. The van der Waals surface area contributed by atoms with E-state index in [-0.39, 0.29) is 16.2 Å². The standard InChI is InChI=1S/C57H44N2S/c1-56(2)48-16-10-8-14-44(48)46-29-26-41(33-50(46)56)59(42-27-30-47-45-15-9-11-17-49(45)57(3,4)51(47)34-42)40-24-20-35(21-25-40)38-22-28-43-39(32-38)19-18-36-23-31-52-54(53(36)43)58-55(60-52)37-12-6-5-7-13-37/h5-34,55,58H,1-4H3. The van der Waals surface area contributed by atoms with Crippen molar-refractivity contribution in [3.05, 3.63) is 210 Å². The van der Waals surface area contributed by atoms with Crippen molar-refractivity contribution in [2.75, 3.05) is 10.2 Å². The molecule has 2 aliphatic carbocycles. The van der Waals surface area contributed by atoms with E-state index < -0.39 is 0 Å². The summed E-state index contributed by atoms with van der Waals surface area (Å²) in [5.74, 6) is 0. The minimum atomic E-state index is -0.0982. The second-order valence-electron chi connectivity index (χ2n) is 17.8. The quantitative estimate of drug-likeness (QED) is 0.175. The molecule has 1 heterocycles. The van der Waals surface area contributed by atoms with E-state index in [1.54, 1.807) is 0 Å². The van der Waals surface area contributed by atoms with Crippen LogP contribution < -0.4 is 10.2 Å². The molecule has 9 aromatic rings. The van der Waals surface area contributed by atoms with Gasteiger partial charge in [0.1, 0.15) is 5.37 Å². The molecule has 0 radical (unpaired) electrons. The Morgan fingerprint density at radius 2 is 0.983 bits per heavy atom. The highest BCUT2D eigenvalue weighted by Crippen LogP contribution is 2.54. The average Bonchev–Trinajstić information content (AvgIpc) is 3.90. The van der Waals surface area contributed by atoms with Gasteiger partial charge in [-0.1, -0.05) is 173 Å². The summed E-state index contributed by atoms with van der Waals surface area (Å²) in [6, 6.07) is 68.1. The molecule has 0 bridgehead atoms. The third-order valence-electron chi connectivity index (χ3n) is 13.7. The molecule has 2 nitrogen and oxygen atoms in total. The molecule has 60 heavy (non-hydrogen) atoms. The molecule has 0 saturated heterocycles. The molecule has 9 aromatic carbocycles. The Hall–Kier alpha value is -6.55. The van der Waals surface area contributed by atoms with Gasteiger partial charge in [0.15, 0.2) is 0 Å². The number of anilines is 4. The van der Waals surface area contributed by atoms with Crippen LogP contribution in [-0.2, 0) is 10.8 Å². The normalized spacial score (nSPS) is 16.2. The monoisotopic (exact) mass is 788 g/mol. The van der Waals surface area contributed by atoms with Gasteiger partial charge in [0.25, 0.3) is 0 Å². The summed E-state index contributed by atoms with van der Waals surface area (Å²) in [5.41, 5.74) is 19.1. The van der Waals surface area contributed by atoms with E-state index in [4.69, 9.17) is 0 Å². The summed E-state index contributed by atoms with van der Waals surface area (Å²) < 4.78 is 0. The van der Waals surface area contributed by atoms with Crippen LogP contribution in [0.4, 0.5) is 22.7 Å².